The molecular weight excluding hydrogens is 326 g/mol. The molecule has 0 aromatic carbocycles. The largest absolute Gasteiger partial charge is 0.344 e. The summed E-state index contributed by atoms with van der Waals surface area (Å²) in [6, 6.07) is 2.16. The summed E-state index contributed by atoms with van der Waals surface area (Å²) in [7, 11) is 0. The lowest BCUT2D eigenvalue weighted by atomic mass is 9.92. The highest BCUT2D eigenvalue weighted by atomic mass is 35.5. The molecule has 3 aliphatic rings. The summed E-state index contributed by atoms with van der Waals surface area (Å²) in [5, 5.41) is 1.36. The maximum Gasteiger partial charge on any atom is 0.163 e. The molecule has 6 heteroatoms. The molecule has 5 nitrogen and oxygen atoms in total. The van der Waals surface area contributed by atoms with Crippen molar-refractivity contribution in [3.63, 3.8) is 0 Å². The second kappa shape index (κ2) is 4.40. The van der Waals surface area contributed by atoms with Gasteiger partial charge in [-0.2, -0.15) is 0 Å². The van der Waals surface area contributed by atoms with Gasteiger partial charge in [0.2, 0.25) is 0 Å². The molecule has 5 atom stereocenters. The smallest absolute Gasteiger partial charge is 0.163 e. The number of halogens is 1. The molecule has 5 rings (SSSR count). The first-order valence-electron chi connectivity index (χ1n) is 8.34. The molecule has 24 heavy (non-hydrogen) atoms. The number of hydrogen-bond acceptors (Lipinski definition) is 4. The van der Waals surface area contributed by atoms with E-state index in [1.165, 1.54) is 11.9 Å². The lowest BCUT2D eigenvalue weighted by Crippen LogP contribution is -2.32. The number of nitrogens with zero attached hydrogens (tertiary/aromatic N) is 3. The van der Waals surface area contributed by atoms with E-state index in [9.17, 15) is 0 Å². The van der Waals surface area contributed by atoms with Gasteiger partial charge in [0.25, 0.3) is 0 Å². The Morgan fingerprint density at radius 2 is 2.17 bits per heavy atom. The Labute approximate surface area is 145 Å². The third-order valence-corrected chi connectivity index (χ3v) is 6.32. The van der Waals surface area contributed by atoms with Crippen molar-refractivity contribution >= 4 is 22.6 Å². The van der Waals surface area contributed by atoms with E-state index < -0.39 is 5.79 Å². The maximum absolute atomic E-state index is 6.30. The van der Waals surface area contributed by atoms with Crippen LogP contribution in [0.15, 0.2) is 30.7 Å². The minimum Gasteiger partial charge on any atom is -0.344 e. The van der Waals surface area contributed by atoms with Crippen molar-refractivity contribution in [1.82, 2.24) is 14.5 Å². The highest BCUT2D eigenvalue weighted by molar-refractivity contribution is 6.33. The molecule has 2 aromatic rings. The molecule has 0 amide bonds. The van der Waals surface area contributed by atoms with Gasteiger partial charge in [-0.3, -0.25) is 0 Å². The fraction of sp³-hybridized carbons (Fsp3) is 0.556. The van der Waals surface area contributed by atoms with E-state index in [0.29, 0.717) is 11.1 Å². The van der Waals surface area contributed by atoms with Crippen molar-refractivity contribution in [3.8, 4) is 0 Å². The molecule has 1 unspecified atom stereocenters. The first kappa shape index (κ1) is 14.9. The standard InChI is InChI=1S/C18H20ClN3O2/c1-9(2)18-7-11(18)12(13-14(18)24-17(3,4)23-13)22-6-5-10-15(19)20-8-21-16(10)22/h5-6,8,11-14H,1,7H2,2-4H3/t11-,12-,13+,14+,18?/m1/s1. The first-order valence-corrected chi connectivity index (χ1v) is 8.71. The van der Waals surface area contributed by atoms with E-state index >= 15 is 0 Å². The monoisotopic (exact) mass is 345 g/mol. The van der Waals surface area contributed by atoms with Gasteiger partial charge in [0, 0.05) is 11.6 Å². The Hall–Kier alpha value is -1.43. The molecule has 2 aromatic heterocycles. The van der Waals surface area contributed by atoms with E-state index in [1.807, 2.05) is 19.9 Å². The first-order chi connectivity index (χ1) is 11.3. The molecule has 1 aliphatic heterocycles. The Kier molecular flexibility index (Phi) is 2.72. The maximum atomic E-state index is 6.30. The van der Waals surface area contributed by atoms with E-state index in [1.54, 1.807) is 0 Å². The van der Waals surface area contributed by atoms with E-state index in [2.05, 4.69) is 34.2 Å². The molecule has 1 saturated heterocycles. The van der Waals surface area contributed by atoms with Gasteiger partial charge in [-0.05, 0) is 39.2 Å². The normalized spacial score (nSPS) is 39.0. The van der Waals surface area contributed by atoms with E-state index in [4.69, 9.17) is 21.1 Å². The summed E-state index contributed by atoms with van der Waals surface area (Å²) in [6.45, 7) is 10.3. The lowest BCUT2D eigenvalue weighted by Gasteiger charge is -2.24. The second-order valence-electron chi connectivity index (χ2n) is 7.77. The quantitative estimate of drug-likeness (QED) is 0.614. The topological polar surface area (TPSA) is 49.2 Å². The zero-order valence-electron chi connectivity index (χ0n) is 14.0. The van der Waals surface area contributed by atoms with Gasteiger partial charge in [0.05, 0.1) is 17.5 Å². The molecule has 2 saturated carbocycles. The van der Waals surface area contributed by atoms with Crippen molar-refractivity contribution in [2.24, 2.45) is 11.3 Å². The van der Waals surface area contributed by atoms with Gasteiger partial charge < -0.3 is 14.0 Å². The lowest BCUT2D eigenvalue weighted by molar-refractivity contribution is -0.159. The Bertz CT molecular complexity index is 876. The van der Waals surface area contributed by atoms with Gasteiger partial charge >= 0.3 is 0 Å². The number of ether oxygens (including phenoxy) is 2. The summed E-state index contributed by atoms with van der Waals surface area (Å²) in [5.41, 5.74) is 2.07. The fourth-order valence-electron chi connectivity index (χ4n) is 4.99. The number of aromatic nitrogens is 3. The van der Waals surface area contributed by atoms with Crippen LogP contribution in [-0.4, -0.2) is 32.5 Å². The van der Waals surface area contributed by atoms with E-state index in [-0.39, 0.29) is 23.7 Å². The van der Waals surface area contributed by atoms with E-state index in [0.717, 1.165) is 17.5 Å². The fourth-order valence-corrected chi connectivity index (χ4v) is 5.18. The van der Waals surface area contributed by atoms with Crippen LogP contribution in [0.4, 0.5) is 0 Å². The highest BCUT2D eigenvalue weighted by Crippen LogP contribution is 2.74. The highest BCUT2D eigenvalue weighted by Gasteiger charge is 2.76. The van der Waals surface area contributed by atoms with Crippen LogP contribution in [0.5, 0.6) is 0 Å². The molecule has 0 N–H and O–H groups in total. The number of fused-ring (bicyclic) bond motifs is 4. The summed E-state index contributed by atoms with van der Waals surface area (Å²) in [5.74, 6) is -0.107. The summed E-state index contributed by atoms with van der Waals surface area (Å²) >= 11 is 6.22. The van der Waals surface area contributed by atoms with Gasteiger partial charge in [0.1, 0.15) is 23.2 Å². The summed E-state index contributed by atoms with van der Waals surface area (Å²) in [4.78, 5) is 8.55. The van der Waals surface area contributed by atoms with Crippen LogP contribution in [0.2, 0.25) is 5.15 Å². The molecule has 3 heterocycles. The zero-order chi connectivity index (χ0) is 16.9. The van der Waals surface area contributed by atoms with Gasteiger partial charge in [-0.15, -0.1) is 0 Å². The van der Waals surface area contributed by atoms with Crippen LogP contribution in [0.25, 0.3) is 11.0 Å². The Morgan fingerprint density at radius 3 is 2.92 bits per heavy atom. The number of hydrogen-bond donors (Lipinski definition) is 0. The predicted molar refractivity (Wildman–Crippen MR) is 90.8 cm³/mol. The second-order valence-corrected chi connectivity index (χ2v) is 8.13. The van der Waals surface area contributed by atoms with Gasteiger partial charge in [-0.25, -0.2) is 9.97 Å². The molecule has 0 bridgehead atoms. The third kappa shape index (κ3) is 1.68. The minimum atomic E-state index is -0.570. The van der Waals surface area contributed by atoms with Crippen molar-refractivity contribution in [1.29, 1.82) is 0 Å². The van der Waals surface area contributed by atoms with Crippen LogP contribution >= 0.6 is 11.6 Å². The summed E-state index contributed by atoms with van der Waals surface area (Å²) < 4.78 is 14.8. The molecular formula is C18H20ClN3O2. The molecule has 126 valence electrons. The van der Waals surface area contributed by atoms with Crippen LogP contribution in [0, 0.1) is 11.3 Å². The summed E-state index contributed by atoms with van der Waals surface area (Å²) in [6.07, 6.45) is 4.71. The van der Waals surface area contributed by atoms with Crippen molar-refractivity contribution in [3.05, 3.63) is 35.9 Å². The zero-order valence-corrected chi connectivity index (χ0v) is 14.7. The molecule has 2 aliphatic carbocycles. The van der Waals surface area contributed by atoms with Crippen LogP contribution in [-0.2, 0) is 9.47 Å². The Balaban J connectivity index is 1.66. The van der Waals surface area contributed by atoms with Gasteiger partial charge in [-0.1, -0.05) is 23.8 Å². The van der Waals surface area contributed by atoms with Crippen LogP contribution in [0.3, 0.4) is 0 Å². The molecule has 3 fully saturated rings. The third-order valence-electron chi connectivity index (χ3n) is 6.02. The minimum absolute atomic E-state index is 0.000194. The van der Waals surface area contributed by atoms with Crippen molar-refractivity contribution < 1.29 is 9.47 Å². The SMILES string of the molecule is C=C(C)C12C[C@@H]1[C@@H](n1ccc3c(Cl)ncnc31)[C@@H]1OC(C)(C)O[C@@H]12. The van der Waals surface area contributed by atoms with Crippen LogP contribution < -0.4 is 0 Å². The van der Waals surface area contributed by atoms with Crippen molar-refractivity contribution in [2.45, 2.75) is 51.2 Å². The van der Waals surface area contributed by atoms with Crippen molar-refractivity contribution in [2.75, 3.05) is 0 Å². The Morgan fingerprint density at radius 1 is 1.38 bits per heavy atom. The van der Waals surface area contributed by atoms with Gasteiger partial charge in [0.15, 0.2) is 5.79 Å². The number of rotatable bonds is 2. The average Bonchev–Trinajstić information content (AvgIpc) is 2.81. The molecule has 0 spiro atoms. The molecule has 0 radical (unpaired) electrons. The predicted octanol–water partition coefficient (Wildman–Crippen LogP) is 3.74. The average molecular weight is 346 g/mol. The van der Waals surface area contributed by atoms with Crippen LogP contribution in [0.1, 0.15) is 33.2 Å².